The molecular weight excluding hydrogens is 230 g/mol. The van der Waals surface area contributed by atoms with Crippen molar-refractivity contribution < 1.29 is 5.11 Å². The molecule has 0 aromatic carbocycles. The van der Waals surface area contributed by atoms with Gasteiger partial charge >= 0.3 is 0 Å². The number of aliphatic hydroxyl groups excluding tert-OH is 1. The highest BCUT2D eigenvalue weighted by Crippen LogP contribution is 2.42. The van der Waals surface area contributed by atoms with E-state index in [0.29, 0.717) is 11.6 Å². The van der Waals surface area contributed by atoms with E-state index in [2.05, 4.69) is 20.7 Å². The molecule has 6 heteroatoms. The van der Waals surface area contributed by atoms with E-state index in [0.717, 1.165) is 17.8 Å². The molecule has 1 fully saturated rings. The molecule has 2 unspecified atom stereocenters. The van der Waals surface area contributed by atoms with Crippen molar-refractivity contribution in [2.75, 3.05) is 10.7 Å². The number of aromatic nitrogens is 2. The monoisotopic (exact) mass is 251 g/mol. The first kappa shape index (κ1) is 13.0. The van der Waals surface area contributed by atoms with Gasteiger partial charge < -0.3 is 15.8 Å². The van der Waals surface area contributed by atoms with Crippen LogP contribution < -0.4 is 16.6 Å². The third kappa shape index (κ3) is 2.02. The van der Waals surface area contributed by atoms with Crippen molar-refractivity contribution in [2.24, 2.45) is 11.3 Å². The quantitative estimate of drug-likeness (QED) is 0.472. The predicted molar refractivity (Wildman–Crippen MR) is 71.1 cm³/mol. The van der Waals surface area contributed by atoms with E-state index in [1.165, 1.54) is 0 Å². The van der Waals surface area contributed by atoms with E-state index < -0.39 is 0 Å². The molecule has 1 saturated carbocycles. The van der Waals surface area contributed by atoms with E-state index in [4.69, 9.17) is 5.84 Å². The maximum absolute atomic E-state index is 9.74. The van der Waals surface area contributed by atoms with Gasteiger partial charge in [0.05, 0.1) is 6.10 Å². The number of nitrogen functional groups attached to an aromatic ring is 1. The molecule has 6 nitrogen and oxygen atoms in total. The first-order chi connectivity index (χ1) is 8.36. The van der Waals surface area contributed by atoms with Crippen LogP contribution in [0.5, 0.6) is 0 Å². The Kier molecular flexibility index (Phi) is 3.16. The van der Waals surface area contributed by atoms with E-state index in [1.807, 2.05) is 27.7 Å². The second kappa shape index (κ2) is 4.37. The summed E-state index contributed by atoms with van der Waals surface area (Å²) in [4.78, 5) is 8.61. The third-order valence-corrected chi connectivity index (χ3v) is 3.92. The average Bonchev–Trinajstić information content (AvgIpc) is 2.32. The third-order valence-electron chi connectivity index (χ3n) is 3.92. The van der Waals surface area contributed by atoms with Crippen molar-refractivity contribution in [3.63, 3.8) is 0 Å². The maximum atomic E-state index is 9.74. The summed E-state index contributed by atoms with van der Waals surface area (Å²) in [5.41, 5.74) is 3.33. The Morgan fingerprint density at radius 2 is 1.89 bits per heavy atom. The van der Waals surface area contributed by atoms with Gasteiger partial charge in [0, 0.05) is 17.0 Å². The van der Waals surface area contributed by atoms with Crippen LogP contribution in [0, 0.1) is 19.3 Å². The molecule has 2 atom stereocenters. The number of hydrazine groups is 1. The fourth-order valence-corrected chi connectivity index (χ4v) is 2.22. The number of hydrogen-bond acceptors (Lipinski definition) is 6. The normalized spacial score (nSPS) is 25.4. The highest BCUT2D eigenvalue weighted by molar-refractivity contribution is 5.57. The van der Waals surface area contributed by atoms with Crippen LogP contribution in [0.3, 0.4) is 0 Å². The summed E-state index contributed by atoms with van der Waals surface area (Å²) >= 11 is 0. The Bertz CT molecular complexity index is 460. The Morgan fingerprint density at radius 1 is 1.28 bits per heavy atom. The second-order valence-electron chi connectivity index (χ2n) is 5.51. The highest BCUT2D eigenvalue weighted by Gasteiger charge is 2.47. The van der Waals surface area contributed by atoms with Gasteiger partial charge in [-0.25, -0.2) is 15.8 Å². The van der Waals surface area contributed by atoms with Gasteiger partial charge in [-0.05, 0) is 20.3 Å². The zero-order valence-corrected chi connectivity index (χ0v) is 11.3. The molecule has 0 aliphatic heterocycles. The summed E-state index contributed by atoms with van der Waals surface area (Å²) in [7, 11) is 0. The molecule has 0 spiro atoms. The zero-order chi connectivity index (χ0) is 13.5. The van der Waals surface area contributed by atoms with Crippen LogP contribution in [-0.4, -0.2) is 27.2 Å². The van der Waals surface area contributed by atoms with E-state index in [1.54, 1.807) is 0 Å². The Balaban J connectivity index is 2.23. The molecule has 1 aromatic rings. The van der Waals surface area contributed by atoms with E-state index >= 15 is 0 Å². The zero-order valence-electron chi connectivity index (χ0n) is 11.3. The molecular formula is C12H21N5O. The smallest absolute Gasteiger partial charge is 0.148 e. The minimum Gasteiger partial charge on any atom is -0.392 e. The van der Waals surface area contributed by atoms with Gasteiger partial charge in [-0.2, -0.15) is 0 Å². The van der Waals surface area contributed by atoms with Crippen molar-refractivity contribution in [1.82, 2.24) is 9.97 Å². The summed E-state index contributed by atoms with van der Waals surface area (Å²) in [6, 6.07) is 0.214. The minimum atomic E-state index is -0.259. The molecule has 0 radical (unpaired) electrons. The lowest BCUT2D eigenvalue weighted by Crippen LogP contribution is -2.57. The van der Waals surface area contributed by atoms with Gasteiger partial charge in [0.15, 0.2) is 0 Å². The summed E-state index contributed by atoms with van der Waals surface area (Å²) in [5, 5.41) is 13.1. The molecule has 0 amide bonds. The SMILES string of the molecule is Cc1nc(NN)c(C)c(NC2CC(O)C2(C)C)n1. The second-order valence-corrected chi connectivity index (χ2v) is 5.51. The molecule has 0 bridgehead atoms. The topological polar surface area (TPSA) is 96.1 Å². The lowest BCUT2D eigenvalue weighted by Gasteiger charge is -2.49. The molecule has 1 aromatic heterocycles. The molecule has 1 aliphatic rings. The van der Waals surface area contributed by atoms with Crippen molar-refractivity contribution in [2.45, 2.75) is 46.3 Å². The molecule has 0 saturated heterocycles. The molecule has 18 heavy (non-hydrogen) atoms. The van der Waals surface area contributed by atoms with Crippen LogP contribution in [0.1, 0.15) is 31.7 Å². The number of nitrogens with one attached hydrogen (secondary N) is 2. The van der Waals surface area contributed by atoms with Gasteiger partial charge in [-0.15, -0.1) is 0 Å². The Labute approximate surface area is 107 Å². The summed E-state index contributed by atoms with van der Waals surface area (Å²) in [6.45, 7) is 7.83. The van der Waals surface area contributed by atoms with Crippen LogP contribution >= 0.6 is 0 Å². The summed E-state index contributed by atoms with van der Waals surface area (Å²) < 4.78 is 0. The fraction of sp³-hybridized carbons (Fsp3) is 0.667. The molecule has 1 aliphatic carbocycles. The number of aliphatic hydroxyl groups is 1. The number of hydrogen-bond donors (Lipinski definition) is 4. The molecule has 5 N–H and O–H groups in total. The average molecular weight is 251 g/mol. The fourth-order valence-electron chi connectivity index (χ4n) is 2.22. The Hall–Kier alpha value is -1.40. The predicted octanol–water partition coefficient (Wildman–Crippen LogP) is 0.950. The minimum absolute atomic E-state index is 0.137. The lowest BCUT2D eigenvalue weighted by molar-refractivity contribution is -0.0511. The lowest BCUT2D eigenvalue weighted by atomic mass is 9.64. The van der Waals surface area contributed by atoms with Crippen molar-refractivity contribution in [3.05, 3.63) is 11.4 Å². The van der Waals surface area contributed by atoms with Gasteiger partial charge in [-0.3, -0.25) is 0 Å². The number of nitrogens with two attached hydrogens (primary N) is 1. The number of nitrogens with zero attached hydrogens (tertiary/aromatic N) is 2. The first-order valence-electron chi connectivity index (χ1n) is 6.12. The number of rotatable bonds is 3. The summed E-state index contributed by atoms with van der Waals surface area (Å²) in [5.74, 6) is 7.50. The number of anilines is 2. The van der Waals surface area contributed by atoms with Crippen molar-refractivity contribution >= 4 is 11.6 Å². The van der Waals surface area contributed by atoms with E-state index in [-0.39, 0.29) is 17.6 Å². The van der Waals surface area contributed by atoms with Crippen molar-refractivity contribution in [3.8, 4) is 0 Å². The standard InChI is InChI=1S/C12H21N5O/c1-6-10(14-7(2)15-11(6)17-13)16-8-5-9(18)12(8,3)4/h8-9,18H,5,13H2,1-4H3,(H2,14,15,16,17). The van der Waals surface area contributed by atoms with Crippen LogP contribution in [0.25, 0.3) is 0 Å². The van der Waals surface area contributed by atoms with Gasteiger partial charge in [0.2, 0.25) is 0 Å². The first-order valence-corrected chi connectivity index (χ1v) is 6.12. The van der Waals surface area contributed by atoms with E-state index in [9.17, 15) is 5.11 Å². The van der Waals surface area contributed by atoms with Crippen LogP contribution in [0.2, 0.25) is 0 Å². The Morgan fingerprint density at radius 3 is 2.39 bits per heavy atom. The number of aryl methyl sites for hydroxylation is 1. The van der Waals surface area contributed by atoms with Crippen LogP contribution in [0.4, 0.5) is 11.6 Å². The highest BCUT2D eigenvalue weighted by atomic mass is 16.3. The maximum Gasteiger partial charge on any atom is 0.148 e. The van der Waals surface area contributed by atoms with Gasteiger partial charge in [0.25, 0.3) is 0 Å². The molecule has 100 valence electrons. The largest absolute Gasteiger partial charge is 0.392 e. The van der Waals surface area contributed by atoms with Crippen LogP contribution in [0.15, 0.2) is 0 Å². The van der Waals surface area contributed by atoms with Crippen molar-refractivity contribution in [1.29, 1.82) is 0 Å². The molecule has 1 heterocycles. The summed E-state index contributed by atoms with van der Waals surface area (Å²) in [6.07, 6.45) is 0.478. The molecule has 2 rings (SSSR count). The van der Waals surface area contributed by atoms with Gasteiger partial charge in [-0.1, -0.05) is 13.8 Å². The van der Waals surface area contributed by atoms with Crippen LogP contribution in [-0.2, 0) is 0 Å². The van der Waals surface area contributed by atoms with Gasteiger partial charge in [0.1, 0.15) is 17.5 Å².